The molecular weight excluding hydrogens is 140 g/mol. The van der Waals surface area contributed by atoms with Crippen LogP contribution in [-0.4, -0.2) is 23.9 Å². The molecule has 0 saturated carbocycles. The number of aliphatic hydroxyl groups excluding tert-OH is 1. The van der Waals surface area contributed by atoms with Gasteiger partial charge in [-0.1, -0.05) is 13.0 Å². The molecule has 64 valence electrons. The summed E-state index contributed by atoms with van der Waals surface area (Å²) in [5.74, 6) is 0.280. The number of hydrogen-bond donors (Lipinski definition) is 1. The summed E-state index contributed by atoms with van der Waals surface area (Å²) in [6, 6.07) is 0. The number of hydrogen-bond acceptors (Lipinski definition) is 2. The standard InChI is InChI=1S/C9H16O2/c1-3-4-8(10)9-7(2)5-6-11-9/h3,7-10H,1,4-6H2,2H3/t7-,8+,9-/m0/s1/i6T/t6-,7-,8+,9-. The fourth-order valence-electron chi connectivity index (χ4n) is 1.36. The molecule has 1 fully saturated rings. The van der Waals surface area contributed by atoms with Crippen molar-refractivity contribution in [2.75, 3.05) is 6.58 Å². The van der Waals surface area contributed by atoms with Crippen LogP contribution in [0.5, 0.6) is 0 Å². The smallest absolute Gasteiger partial charge is 0.0863 e. The molecule has 2 nitrogen and oxygen atoms in total. The Kier molecular flexibility index (Phi) is 2.58. The van der Waals surface area contributed by atoms with E-state index in [1.54, 1.807) is 6.08 Å². The summed E-state index contributed by atoms with van der Waals surface area (Å²) >= 11 is 0. The molecule has 1 saturated heterocycles. The van der Waals surface area contributed by atoms with Crippen LogP contribution in [0.1, 0.15) is 21.1 Å². The van der Waals surface area contributed by atoms with Gasteiger partial charge in [-0.2, -0.15) is 0 Å². The van der Waals surface area contributed by atoms with Crippen molar-refractivity contribution in [2.24, 2.45) is 5.92 Å². The Bertz CT molecular complexity index is 161. The molecule has 4 atom stereocenters. The summed E-state index contributed by atoms with van der Waals surface area (Å²) in [5.41, 5.74) is 0. The molecule has 1 aliphatic heterocycles. The lowest BCUT2D eigenvalue weighted by atomic mass is 9.98. The molecule has 0 radical (unpaired) electrons. The largest absolute Gasteiger partial charge is 0.390 e. The van der Waals surface area contributed by atoms with Gasteiger partial charge in [-0.3, -0.25) is 0 Å². The van der Waals surface area contributed by atoms with Crippen molar-refractivity contribution < 1.29 is 11.2 Å². The highest BCUT2D eigenvalue weighted by atomic mass is 16.5. The fourth-order valence-corrected chi connectivity index (χ4v) is 1.36. The van der Waals surface area contributed by atoms with Gasteiger partial charge in [0.05, 0.1) is 13.6 Å². The second-order valence-electron chi connectivity index (χ2n) is 3.07. The maximum atomic E-state index is 9.56. The topological polar surface area (TPSA) is 29.5 Å². The molecule has 1 rings (SSSR count). The average Bonchev–Trinajstić information content (AvgIpc) is 2.30. The molecule has 0 unspecified atom stereocenters. The van der Waals surface area contributed by atoms with Gasteiger partial charge in [-0.05, 0) is 18.8 Å². The monoisotopic (exact) mass is 158 g/mol. The first-order chi connectivity index (χ1) is 5.65. The predicted molar refractivity (Wildman–Crippen MR) is 44.3 cm³/mol. The van der Waals surface area contributed by atoms with Crippen LogP contribution in [0.25, 0.3) is 0 Å². The van der Waals surface area contributed by atoms with Crippen molar-refractivity contribution in [1.82, 2.24) is 0 Å². The Morgan fingerprint density at radius 2 is 2.73 bits per heavy atom. The molecule has 1 heterocycles. The number of ether oxygens (including phenoxy) is 1. The van der Waals surface area contributed by atoms with Crippen molar-refractivity contribution in [2.45, 2.75) is 32.0 Å². The fraction of sp³-hybridized carbons (Fsp3) is 0.778. The minimum Gasteiger partial charge on any atom is -0.390 e. The van der Waals surface area contributed by atoms with E-state index in [4.69, 9.17) is 6.11 Å². The minimum atomic E-state index is -0.493. The highest BCUT2D eigenvalue weighted by Gasteiger charge is 2.29. The van der Waals surface area contributed by atoms with Gasteiger partial charge in [0.2, 0.25) is 0 Å². The second kappa shape index (κ2) is 3.88. The van der Waals surface area contributed by atoms with Gasteiger partial charge in [0.1, 0.15) is 0 Å². The summed E-state index contributed by atoms with van der Waals surface area (Å²) in [6.45, 7) is 5.10. The Morgan fingerprint density at radius 1 is 2.00 bits per heavy atom. The zero-order valence-corrected chi connectivity index (χ0v) is 6.86. The third-order valence-corrected chi connectivity index (χ3v) is 2.07. The van der Waals surface area contributed by atoms with E-state index >= 15 is 0 Å². The van der Waals surface area contributed by atoms with Crippen LogP contribution >= 0.6 is 0 Å². The SMILES string of the molecule is [3H][C@H]1C[C@H](C)[C@@H]([C@H](O)CC=C)O1. The van der Waals surface area contributed by atoms with E-state index in [0.717, 1.165) is 6.42 Å². The highest BCUT2D eigenvalue weighted by Crippen LogP contribution is 2.24. The van der Waals surface area contributed by atoms with Gasteiger partial charge in [-0.15, -0.1) is 6.58 Å². The van der Waals surface area contributed by atoms with E-state index < -0.39 is 12.7 Å². The summed E-state index contributed by atoms with van der Waals surface area (Å²) in [6.07, 6.45) is 2.27. The van der Waals surface area contributed by atoms with Gasteiger partial charge in [0.25, 0.3) is 0 Å². The van der Waals surface area contributed by atoms with Crippen molar-refractivity contribution in [3.63, 3.8) is 0 Å². The zero-order valence-electron chi connectivity index (χ0n) is 7.86. The first-order valence-corrected chi connectivity index (χ1v) is 4.01. The maximum absolute atomic E-state index is 9.56. The van der Waals surface area contributed by atoms with Crippen molar-refractivity contribution in [3.05, 3.63) is 12.7 Å². The third kappa shape index (κ3) is 2.04. The van der Waals surface area contributed by atoms with Crippen molar-refractivity contribution in [3.8, 4) is 0 Å². The molecule has 0 amide bonds. The number of rotatable bonds is 3. The Labute approximate surface area is 69.3 Å². The lowest BCUT2D eigenvalue weighted by Crippen LogP contribution is -2.29. The summed E-state index contributed by atoms with van der Waals surface area (Å²) in [5, 5.41) is 9.56. The zero-order chi connectivity index (χ0) is 9.14. The van der Waals surface area contributed by atoms with Crippen molar-refractivity contribution >= 4 is 0 Å². The summed E-state index contributed by atoms with van der Waals surface area (Å²) in [7, 11) is 0. The normalized spacial score (nSPS) is 41.6. The average molecular weight is 158 g/mol. The van der Waals surface area contributed by atoms with Crippen LogP contribution in [0.2, 0.25) is 0 Å². The third-order valence-electron chi connectivity index (χ3n) is 2.07. The first-order valence-electron chi connectivity index (χ1n) is 4.59. The van der Waals surface area contributed by atoms with Gasteiger partial charge in [0.15, 0.2) is 0 Å². The quantitative estimate of drug-likeness (QED) is 0.628. The molecule has 0 bridgehead atoms. The van der Waals surface area contributed by atoms with Crippen LogP contribution in [-0.2, 0) is 4.74 Å². The lowest BCUT2D eigenvalue weighted by Gasteiger charge is -2.19. The van der Waals surface area contributed by atoms with Crippen LogP contribution in [0.4, 0.5) is 0 Å². The predicted octanol–water partition coefficient (Wildman–Crippen LogP) is 1.35. The lowest BCUT2D eigenvalue weighted by molar-refractivity contribution is -0.0144. The molecule has 1 aliphatic rings. The highest BCUT2D eigenvalue weighted by molar-refractivity contribution is 4.84. The van der Waals surface area contributed by atoms with Crippen LogP contribution < -0.4 is 0 Å². The van der Waals surface area contributed by atoms with Crippen LogP contribution in [0, 0.1) is 5.92 Å². The molecule has 0 aromatic carbocycles. The minimum absolute atomic E-state index is 0.175. The molecule has 2 heteroatoms. The van der Waals surface area contributed by atoms with E-state index in [1.807, 2.05) is 6.92 Å². The Morgan fingerprint density at radius 3 is 3.18 bits per heavy atom. The molecule has 11 heavy (non-hydrogen) atoms. The molecule has 1 N–H and O–H groups in total. The van der Waals surface area contributed by atoms with Gasteiger partial charge >= 0.3 is 0 Å². The van der Waals surface area contributed by atoms with Crippen molar-refractivity contribution in [1.29, 1.82) is 0 Å². The van der Waals surface area contributed by atoms with Crippen LogP contribution in [0.3, 0.4) is 0 Å². The maximum Gasteiger partial charge on any atom is 0.0863 e. The van der Waals surface area contributed by atoms with E-state index in [2.05, 4.69) is 6.58 Å². The first kappa shape index (κ1) is 7.32. The molecule has 0 aromatic heterocycles. The van der Waals surface area contributed by atoms with Crippen LogP contribution in [0.15, 0.2) is 12.7 Å². The molecule has 0 aromatic rings. The Hall–Kier alpha value is -0.340. The second-order valence-corrected chi connectivity index (χ2v) is 3.07. The van der Waals surface area contributed by atoms with E-state index in [-0.39, 0.29) is 12.0 Å². The molecular formula is C9H16O2. The van der Waals surface area contributed by atoms with E-state index in [9.17, 15) is 5.11 Å². The molecule has 0 aliphatic carbocycles. The van der Waals surface area contributed by atoms with Gasteiger partial charge in [0, 0.05) is 6.58 Å². The van der Waals surface area contributed by atoms with Gasteiger partial charge in [-0.25, -0.2) is 0 Å². The van der Waals surface area contributed by atoms with E-state index in [1.165, 1.54) is 0 Å². The van der Waals surface area contributed by atoms with E-state index in [0.29, 0.717) is 6.42 Å². The summed E-state index contributed by atoms with van der Waals surface area (Å²) in [4.78, 5) is 0. The summed E-state index contributed by atoms with van der Waals surface area (Å²) < 4.78 is 12.6. The number of aliphatic hydroxyl groups is 1. The van der Waals surface area contributed by atoms with Gasteiger partial charge < -0.3 is 9.84 Å². The molecule has 0 spiro atoms. The Balaban J connectivity index is 2.45.